The lowest BCUT2D eigenvalue weighted by Crippen LogP contribution is -2.11. The Morgan fingerprint density at radius 3 is 2.10 bits per heavy atom. The average Bonchev–Trinajstić information content (AvgIpc) is 2.48. The van der Waals surface area contributed by atoms with Crippen LogP contribution in [0.2, 0.25) is 0 Å². The van der Waals surface area contributed by atoms with Crippen LogP contribution in [-0.2, 0) is 0 Å². The summed E-state index contributed by atoms with van der Waals surface area (Å²) in [5, 5.41) is 0. The molecule has 0 aliphatic rings. The van der Waals surface area contributed by atoms with Crippen molar-refractivity contribution >= 4 is 11.7 Å². The van der Waals surface area contributed by atoms with Crippen LogP contribution >= 0.6 is 0 Å². The molecule has 20 heavy (non-hydrogen) atoms. The highest BCUT2D eigenvalue weighted by Gasteiger charge is 2.11. The Labute approximate surface area is 118 Å². The quantitative estimate of drug-likeness (QED) is 0.633. The molecular weight excluding hydrogens is 254 g/mol. The number of methoxy groups -OCH3 is 1. The predicted molar refractivity (Wildman–Crippen MR) is 78.7 cm³/mol. The van der Waals surface area contributed by atoms with Crippen molar-refractivity contribution in [3.8, 4) is 11.5 Å². The van der Waals surface area contributed by atoms with Gasteiger partial charge in [-0.05, 0) is 36.4 Å². The first-order valence-electron chi connectivity index (χ1n) is 6.24. The highest BCUT2D eigenvalue weighted by molar-refractivity contribution is 5.91. The Morgan fingerprint density at radius 2 is 1.55 bits per heavy atom. The number of carbonyl (C=O) groups is 1. The van der Waals surface area contributed by atoms with Crippen molar-refractivity contribution in [2.75, 3.05) is 26.1 Å². The summed E-state index contributed by atoms with van der Waals surface area (Å²) in [6.07, 6.45) is 0. The van der Waals surface area contributed by atoms with Crippen LogP contribution in [0.15, 0.2) is 48.5 Å². The molecular formula is C16H17NO3. The molecule has 0 spiro atoms. The van der Waals surface area contributed by atoms with Crippen LogP contribution in [0.4, 0.5) is 5.69 Å². The smallest absolute Gasteiger partial charge is 0.343 e. The Kier molecular flexibility index (Phi) is 4.25. The second-order valence-electron chi connectivity index (χ2n) is 4.48. The van der Waals surface area contributed by atoms with Crippen molar-refractivity contribution in [1.29, 1.82) is 0 Å². The van der Waals surface area contributed by atoms with Gasteiger partial charge in [0.25, 0.3) is 0 Å². The molecule has 2 aromatic carbocycles. The number of esters is 1. The molecule has 0 saturated carbocycles. The van der Waals surface area contributed by atoms with E-state index in [1.165, 1.54) is 0 Å². The number of ether oxygens (including phenoxy) is 2. The summed E-state index contributed by atoms with van der Waals surface area (Å²) in [5.74, 6) is 0.544. The fourth-order valence-electron chi connectivity index (χ4n) is 1.76. The van der Waals surface area contributed by atoms with Gasteiger partial charge in [-0.1, -0.05) is 12.1 Å². The van der Waals surface area contributed by atoms with Gasteiger partial charge in [0.2, 0.25) is 0 Å². The van der Waals surface area contributed by atoms with Crippen LogP contribution in [0.5, 0.6) is 11.5 Å². The maximum atomic E-state index is 12.1. The minimum Gasteiger partial charge on any atom is -0.493 e. The predicted octanol–water partition coefficient (Wildman–Crippen LogP) is 2.98. The minimum absolute atomic E-state index is 0.403. The van der Waals surface area contributed by atoms with E-state index in [1.807, 2.05) is 37.2 Å². The summed E-state index contributed by atoms with van der Waals surface area (Å²) < 4.78 is 10.5. The molecule has 0 amide bonds. The van der Waals surface area contributed by atoms with Gasteiger partial charge in [-0.15, -0.1) is 0 Å². The Balaban J connectivity index is 2.15. The molecule has 104 valence electrons. The fraction of sp³-hybridized carbons (Fsp3) is 0.188. The van der Waals surface area contributed by atoms with Gasteiger partial charge < -0.3 is 14.4 Å². The van der Waals surface area contributed by atoms with Crippen molar-refractivity contribution in [2.45, 2.75) is 0 Å². The van der Waals surface area contributed by atoms with E-state index in [2.05, 4.69) is 0 Å². The van der Waals surface area contributed by atoms with E-state index in [1.54, 1.807) is 37.4 Å². The number of carbonyl (C=O) groups excluding carboxylic acids is 1. The molecule has 0 aliphatic heterocycles. The van der Waals surface area contributed by atoms with Crippen molar-refractivity contribution in [2.24, 2.45) is 0 Å². The lowest BCUT2D eigenvalue weighted by molar-refractivity contribution is 0.0730. The molecule has 0 fully saturated rings. The van der Waals surface area contributed by atoms with Crippen molar-refractivity contribution in [3.63, 3.8) is 0 Å². The molecule has 0 atom stereocenters. The number of rotatable bonds is 4. The molecule has 4 nitrogen and oxygen atoms in total. The SMILES string of the molecule is COc1ccccc1OC(=O)c1ccc(N(C)C)cc1. The van der Waals surface area contributed by atoms with Crippen LogP contribution in [0.1, 0.15) is 10.4 Å². The topological polar surface area (TPSA) is 38.8 Å². The van der Waals surface area contributed by atoms with E-state index in [9.17, 15) is 4.79 Å². The van der Waals surface area contributed by atoms with Crippen molar-refractivity contribution in [1.82, 2.24) is 0 Å². The molecule has 0 aromatic heterocycles. The van der Waals surface area contributed by atoms with Crippen LogP contribution in [0.25, 0.3) is 0 Å². The van der Waals surface area contributed by atoms with Crippen LogP contribution in [0, 0.1) is 0 Å². The largest absolute Gasteiger partial charge is 0.493 e. The zero-order chi connectivity index (χ0) is 14.5. The first-order chi connectivity index (χ1) is 9.61. The molecule has 0 saturated heterocycles. The van der Waals surface area contributed by atoms with Crippen LogP contribution < -0.4 is 14.4 Å². The van der Waals surface area contributed by atoms with Gasteiger partial charge in [-0.3, -0.25) is 0 Å². The number of hydrogen-bond donors (Lipinski definition) is 0. The Bertz CT molecular complexity index is 591. The number of benzene rings is 2. The van der Waals surface area contributed by atoms with E-state index >= 15 is 0 Å². The molecule has 0 unspecified atom stereocenters. The number of para-hydroxylation sites is 2. The van der Waals surface area contributed by atoms with Crippen molar-refractivity contribution in [3.05, 3.63) is 54.1 Å². The maximum Gasteiger partial charge on any atom is 0.343 e. The normalized spacial score (nSPS) is 9.95. The molecule has 0 aliphatic carbocycles. The summed E-state index contributed by atoms with van der Waals surface area (Å²) >= 11 is 0. The molecule has 0 N–H and O–H groups in total. The molecule has 0 heterocycles. The highest BCUT2D eigenvalue weighted by atomic mass is 16.6. The molecule has 0 radical (unpaired) electrons. The van der Waals surface area contributed by atoms with Gasteiger partial charge in [-0.25, -0.2) is 4.79 Å². The zero-order valence-electron chi connectivity index (χ0n) is 11.8. The fourth-order valence-corrected chi connectivity index (χ4v) is 1.76. The lowest BCUT2D eigenvalue weighted by Gasteiger charge is -2.13. The zero-order valence-corrected chi connectivity index (χ0v) is 11.8. The second-order valence-corrected chi connectivity index (χ2v) is 4.48. The standard InChI is InChI=1S/C16H17NO3/c1-17(2)13-10-8-12(9-11-13)16(18)20-15-7-5-4-6-14(15)19-3/h4-11H,1-3H3. The number of anilines is 1. The summed E-state index contributed by atoms with van der Waals surface area (Å²) in [7, 11) is 5.43. The van der Waals surface area contributed by atoms with Crippen LogP contribution in [-0.4, -0.2) is 27.2 Å². The summed E-state index contributed by atoms with van der Waals surface area (Å²) in [4.78, 5) is 14.0. The Morgan fingerprint density at radius 1 is 0.950 bits per heavy atom. The molecule has 2 aromatic rings. The first kappa shape index (κ1) is 13.9. The van der Waals surface area contributed by atoms with Gasteiger partial charge in [0.1, 0.15) is 0 Å². The average molecular weight is 271 g/mol. The number of hydrogen-bond acceptors (Lipinski definition) is 4. The highest BCUT2D eigenvalue weighted by Crippen LogP contribution is 2.26. The summed E-state index contributed by atoms with van der Waals surface area (Å²) in [6.45, 7) is 0. The molecule has 0 bridgehead atoms. The van der Waals surface area contributed by atoms with Gasteiger partial charge >= 0.3 is 5.97 Å². The van der Waals surface area contributed by atoms with Gasteiger partial charge in [-0.2, -0.15) is 0 Å². The van der Waals surface area contributed by atoms with E-state index in [0.717, 1.165) is 5.69 Å². The van der Waals surface area contributed by atoms with E-state index in [4.69, 9.17) is 9.47 Å². The summed E-state index contributed by atoms with van der Waals surface area (Å²) in [5.41, 5.74) is 1.53. The first-order valence-corrected chi connectivity index (χ1v) is 6.24. The van der Waals surface area contributed by atoms with Crippen molar-refractivity contribution < 1.29 is 14.3 Å². The third-order valence-electron chi connectivity index (χ3n) is 2.89. The minimum atomic E-state index is -0.403. The molecule has 2 rings (SSSR count). The second kappa shape index (κ2) is 6.10. The van der Waals surface area contributed by atoms with Gasteiger partial charge in [0, 0.05) is 19.8 Å². The van der Waals surface area contributed by atoms with Gasteiger partial charge in [0.05, 0.1) is 12.7 Å². The van der Waals surface area contributed by atoms with E-state index in [-0.39, 0.29) is 0 Å². The van der Waals surface area contributed by atoms with Gasteiger partial charge in [0.15, 0.2) is 11.5 Å². The third-order valence-corrected chi connectivity index (χ3v) is 2.89. The summed E-state index contributed by atoms with van der Waals surface area (Å²) in [6, 6.07) is 14.3. The molecule has 4 heteroatoms. The maximum absolute atomic E-state index is 12.1. The lowest BCUT2D eigenvalue weighted by atomic mass is 10.2. The Hall–Kier alpha value is -2.49. The number of nitrogens with zero attached hydrogens (tertiary/aromatic N) is 1. The monoisotopic (exact) mass is 271 g/mol. The van der Waals surface area contributed by atoms with E-state index in [0.29, 0.717) is 17.1 Å². The van der Waals surface area contributed by atoms with E-state index < -0.39 is 5.97 Å². The van der Waals surface area contributed by atoms with Crippen LogP contribution in [0.3, 0.4) is 0 Å². The third kappa shape index (κ3) is 3.09.